The molecule has 2 heterocycles. The molecule has 1 N–H and O–H groups in total. The number of rotatable bonds is 11. The normalized spacial score (nSPS) is 16.2. The van der Waals surface area contributed by atoms with Crippen LogP contribution < -0.4 is 14.2 Å². The van der Waals surface area contributed by atoms with Gasteiger partial charge in [0.05, 0.1) is 0 Å². The van der Waals surface area contributed by atoms with Crippen LogP contribution in [0.15, 0.2) is 121 Å². The number of carbonyl (C=O) groups is 2. The van der Waals surface area contributed by atoms with Crippen LogP contribution in [-0.2, 0) is 41.8 Å². The molecule has 264 valence electrons. The second kappa shape index (κ2) is 15.0. The van der Waals surface area contributed by atoms with Gasteiger partial charge in [-0.3, -0.25) is 0 Å². The van der Waals surface area contributed by atoms with Crippen LogP contribution >= 0.6 is 0 Å². The number of nitrogens with zero attached hydrogens (tertiary/aromatic N) is 1. The molecule has 11 heteroatoms. The van der Waals surface area contributed by atoms with Crippen LogP contribution in [-0.4, -0.2) is 56.0 Å². The van der Waals surface area contributed by atoms with Gasteiger partial charge in [0.2, 0.25) is 0 Å². The zero-order valence-electron chi connectivity index (χ0n) is 28.1. The Labute approximate surface area is 305 Å². The zero-order valence-corrected chi connectivity index (χ0v) is 31.0. The molecule has 5 aromatic rings. The number of benzene rings is 5. The molecule has 52 heavy (non-hydrogen) atoms. The van der Waals surface area contributed by atoms with Crippen LogP contribution in [0.1, 0.15) is 27.8 Å². The predicted molar refractivity (Wildman–Crippen MR) is 192 cm³/mol. The summed E-state index contributed by atoms with van der Waals surface area (Å²) in [6, 6.07) is 34.6. The van der Waals surface area contributed by atoms with Gasteiger partial charge in [-0.15, -0.1) is 0 Å². The first-order valence-electron chi connectivity index (χ1n) is 16.7. The van der Waals surface area contributed by atoms with Gasteiger partial charge in [-0.25, -0.2) is 0 Å². The maximum atomic E-state index is 14.4. The maximum absolute atomic E-state index is 14.4. The number of carboxylic acid groups (broad SMARTS) is 1. The molecule has 5 aromatic carbocycles. The van der Waals surface area contributed by atoms with Crippen LogP contribution in [0, 0.1) is 0 Å². The van der Waals surface area contributed by atoms with Crippen molar-refractivity contribution < 1.29 is 42.1 Å². The van der Waals surface area contributed by atoms with Crippen LogP contribution in [0.25, 0.3) is 11.1 Å². The molecule has 0 unspecified atom stereocenters. The van der Waals surface area contributed by atoms with E-state index in [1.54, 1.807) is 37.4 Å². The van der Waals surface area contributed by atoms with Gasteiger partial charge in [-0.1, -0.05) is 0 Å². The third-order valence-electron chi connectivity index (χ3n) is 9.48. The first-order chi connectivity index (χ1) is 25.1. The molecule has 2 atom stereocenters. The molecule has 0 fully saturated rings. The van der Waals surface area contributed by atoms with E-state index in [1.807, 2.05) is 71.6 Å². The van der Waals surface area contributed by atoms with E-state index in [9.17, 15) is 27.9 Å². The summed E-state index contributed by atoms with van der Waals surface area (Å²) in [6.45, 7) is 0.390. The van der Waals surface area contributed by atoms with Gasteiger partial charge in [0.15, 0.2) is 0 Å². The summed E-state index contributed by atoms with van der Waals surface area (Å²) in [5, 5.41) is 10.7. The molecule has 0 spiro atoms. The topological polar surface area (TPSA) is 85.3 Å². The quantitative estimate of drug-likeness (QED) is 0.137. The molecule has 0 amide bonds. The third-order valence-corrected chi connectivity index (χ3v) is 17.6. The number of aliphatic carboxylic acids is 1. The van der Waals surface area contributed by atoms with Crippen molar-refractivity contribution in [3.8, 4) is 28.4 Å². The number of hydrogen-bond acceptors (Lipinski definition) is 6. The van der Waals surface area contributed by atoms with Crippen LogP contribution in [0.3, 0.4) is 0 Å². The molecule has 2 aliphatic rings. The van der Waals surface area contributed by atoms with Gasteiger partial charge in [0.25, 0.3) is 0 Å². The van der Waals surface area contributed by atoms with Crippen LogP contribution in [0.4, 0.5) is 13.2 Å². The number of carbonyl (C=O) groups excluding carboxylic acids is 1. The van der Waals surface area contributed by atoms with Gasteiger partial charge in [-0.05, 0) is 0 Å². The Hall–Kier alpha value is -4.94. The molecular weight excluding hydrogens is 778 g/mol. The van der Waals surface area contributed by atoms with Crippen molar-refractivity contribution in [2.75, 3.05) is 7.11 Å². The Morgan fingerprint density at radius 2 is 1.46 bits per heavy atom. The second-order valence-corrected chi connectivity index (χ2v) is 19.8. The Kier molecular flexibility index (Phi) is 10.2. The zero-order chi connectivity index (χ0) is 36.4. The minimum atomic E-state index is -4.42. The third kappa shape index (κ3) is 7.63. The Bertz CT molecular complexity index is 2120. The monoisotopic (exact) mass is 813 g/mol. The fourth-order valence-corrected chi connectivity index (χ4v) is 15.1. The summed E-state index contributed by atoms with van der Waals surface area (Å²) in [4.78, 5) is 29.4. The van der Waals surface area contributed by atoms with Crippen molar-refractivity contribution in [2.24, 2.45) is 0 Å². The van der Waals surface area contributed by atoms with E-state index in [2.05, 4.69) is 0 Å². The van der Waals surface area contributed by atoms with E-state index in [1.165, 1.54) is 12.1 Å². The van der Waals surface area contributed by atoms with Gasteiger partial charge >= 0.3 is 293 Å². The number of methoxy groups -OCH3 is 1. The standard InChI is InChI=1S/C26H21F3NO4.C15H13O2.Sn/c1-32-23-8-10-24(11-9-23)34-17-30-14-20-13-25(7-4-19(20)12-22(30)15-31)33-16-18-2-5-21(6-3-18)26(27,28)29;16-15(17)11-8-12-6-9-14(10-7-12)13-4-2-1-3-5-13;/h2-11,13,22H,12,14,16H2,1H3;1-7,9-11H,8H2,(H,16,17);/t22-;;/m0../s1. The molecule has 0 aromatic heterocycles. The summed E-state index contributed by atoms with van der Waals surface area (Å²) in [5.74, 6) is 0.636. The van der Waals surface area contributed by atoms with Crippen molar-refractivity contribution in [1.82, 2.24) is 4.90 Å². The van der Waals surface area contributed by atoms with Crippen molar-refractivity contribution in [1.29, 1.82) is 0 Å². The number of carboxylic acids is 1. The van der Waals surface area contributed by atoms with E-state index in [0.29, 0.717) is 39.6 Å². The predicted octanol–water partition coefficient (Wildman–Crippen LogP) is 7.75. The van der Waals surface area contributed by atoms with Crippen molar-refractivity contribution >= 4 is 32.9 Å². The van der Waals surface area contributed by atoms with Crippen molar-refractivity contribution in [3.05, 3.63) is 149 Å². The summed E-state index contributed by atoms with van der Waals surface area (Å²) < 4.78 is 56.4. The number of alkyl halides is 3. The molecule has 7 nitrogen and oxygen atoms in total. The Morgan fingerprint density at radius 1 is 0.827 bits per heavy atom. The average Bonchev–Trinajstić information content (AvgIpc) is 3.41. The van der Waals surface area contributed by atoms with Crippen LogP contribution in [0.5, 0.6) is 17.2 Å². The van der Waals surface area contributed by atoms with E-state index in [0.717, 1.165) is 39.9 Å². The number of hydrogen-bond donors (Lipinski definition) is 1. The summed E-state index contributed by atoms with van der Waals surface area (Å²) >= 11 is -3.78. The Balaban J connectivity index is 1.17. The second-order valence-electron chi connectivity index (χ2n) is 12.8. The molecule has 7 rings (SSSR count). The molecule has 0 saturated heterocycles. The molecule has 0 aliphatic carbocycles. The summed E-state index contributed by atoms with van der Waals surface area (Å²) in [7, 11) is 1.56. The fourth-order valence-electron chi connectivity index (χ4n) is 6.70. The van der Waals surface area contributed by atoms with Gasteiger partial charge in [0, 0.05) is 0 Å². The van der Waals surface area contributed by atoms with Crippen LogP contribution in [0.2, 0.25) is 3.93 Å². The van der Waals surface area contributed by atoms with E-state index in [4.69, 9.17) is 14.2 Å². The summed E-state index contributed by atoms with van der Waals surface area (Å²) in [6.07, 6.45) is -3.82. The minimum absolute atomic E-state index is 0.0208. The summed E-state index contributed by atoms with van der Waals surface area (Å²) in [5.41, 5.74) is 4.62. The number of ether oxygens (including phenoxy) is 3. The molecule has 0 saturated carbocycles. The van der Waals surface area contributed by atoms with E-state index in [-0.39, 0.29) is 16.8 Å². The average molecular weight is 812 g/mol. The number of fused-ring (bicyclic) bond motifs is 2. The fraction of sp³-hybridized carbons (Fsp3) is 0.195. The Morgan fingerprint density at radius 3 is 2.12 bits per heavy atom. The van der Waals surface area contributed by atoms with E-state index >= 15 is 0 Å². The molecule has 2 aliphatic heterocycles. The first-order valence-corrected chi connectivity index (χ1v) is 21.2. The van der Waals surface area contributed by atoms with Gasteiger partial charge < -0.3 is 0 Å². The van der Waals surface area contributed by atoms with Gasteiger partial charge in [-0.2, -0.15) is 13.2 Å². The SMILES string of the molecule is COc1ccc(O[C]2=[Sn]([C@@H](Cc3ccc(-c4ccccc4)cc3)C(=O)O)[C](=O)[C@@H]3Cc4ccc(OCc5ccc(C(F)(F)F)cc5)cc4CN23)cc1. The molecular formula is C41H34F3NO6Sn. The van der Waals surface area contributed by atoms with Gasteiger partial charge in [0.1, 0.15) is 0 Å². The van der Waals surface area contributed by atoms with Crippen molar-refractivity contribution in [2.45, 2.75) is 42.1 Å². The number of halogens is 3. The van der Waals surface area contributed by atoms with E-state index < -0.39 is 47.0 Å². The first kappa shape index (κ1) is 35.5. The molecule has 0 bridgehead atoms. The van der Waals surface area contributed by atoms with Crippen molar-refractivity contribution in [3.63, 3.8) is 0 Å². The molecule has 0 radical (unpaired) electrons.